The molecule has 0 spiro atoms. The number of urea groups is 1. The molecule has 2 aliphatic heterocycles. The highest BCUT2D eigenvalue weighted by Gasteiger charge is 2.26. The molecule has 2 aliphatic rings. The first-order chi connectivity index (χ1) is 15.0. The van der Waals surface area contributed by atoms with Crippen molar-refractivity contribution in [3.8, 4) is 0 Å². The highest BCUT2D eigenvalue weighted by Crippen LogP contribution is 2.31. The van der Waals surface area contributed by atoms with Crippen LogP contribution in [0, 0.1) is 5.82 Å². The number of carbonyl (C=O) groups excluding carboxylic acids is 1. The lowest BCUT2D eigenvalue weighted by atomic mass is 10.00. The highest BCUT2D eigenvalue weighted by atomic mass is 19.1. The number of nitrogens with one attached hydrogen (secondary N) is 2. The van der Waals surface area contributed by atoms with Crippen molar-refractivity contribution < 1.29 is 9.18 Å². The summed E-state index contributed by atoms with van der Waals surface area (Å²) in [7, 11) is 4.29. The van der Waals surface area contributed by atoms with Gasteiger partial charge >= 0.3 is 6.03 Å². The van der Waals surface area contributed by atoms with Gasteiger partial charge < -0.3 is 20.4 Å². The Morgan fingerprint density at radius 2 is 1.74 bits per heavy atom. The Morgan fingerprint density at radius 1 is 1.00 bits per heavy atom. The second kappa shape index (κ2) is 9.66. The number of amides is 2. The predicted molar refractivity (Wildman–Crippen MR) is 122 cm³/mol. The van der Waals surface area contributed by atoms with Crippen molar-refractivity contribution in [2.75, 3.05) is 58.3 Å². The summed E-state index contributed by atoms with van der Waals surface area (Å²) in [5.41, 5.74) is 4.83. The van der Waals surface area contributed by atoms with Crippen LogP contribution in [0.1, 0.15) is 22.7 Å². The summed E-state index contributed by atoms with van der Waals surface area (Å²) >= 11 is 0. The molecule has 0 bridgehead atoms. The van der Waals surface area contributed by atoms with E-state index in [2.05, 4.69) is 57.6 Å². The fourth-order valence-electron chi connectivity index (χ4n) is 4.42. The fourth-order valence-corrected chi connectivity index (χ4v) is 4.42. The normalized spacial score (nSPS) is 18.0. The molecule has 0 saturated carbocycles. The van der Waals surface area contributed by atoms with Crippen molar-refractivity contribution in [3.63, 3.8) is 0 Å². The highest BCUT2D eigenvalue weighted by molar-refractivity contribution is 5.73. The van der Waals surface area contributed by atoms with Gasteiger partial charge in [0.15, 0.2) is 0 Å². The van der Waals surface area contributed by atoms with Crippen LogP contribution < -0.4 is 15.5 Å². The van der Waals surface area contributed by atoms with Gasteiger partial charge in [-0.05, 0) is 48.4 Å². The van der Waals surface area contributed by atoms with E-state index in [0.29, 0.717) is 13.1 Å². The lowest BCUT2D eigenvalue weighted by Crippen LogP contribution is -2.49. The molecule has 166 valence electrons. The monoisotopic (exact) mass is 425 g/mol. The SMILES string of the molecule is CN1CCN([C@@H](CNC(=O)NCc2ccc(F)cc2)c2ccc3c(c2)CCN3C)CC1. The number of halogens is 1. The summed E-state index contributed by atoms with van der Waals surface area (Å²) in [5.74, 6) is -0.274. The van der Waals surface area contributed by atoms with Gasteiger partial charge in [0.1, 0.15) is 5.82 Å². The molecule has 2 aromatic rings. The van der Waals surface area contributed by atoms with Crippen LogP contribution in [0.4, 0.5) is 14.9 Å². The molecule has 2 N–H and O–H groups in total. The number of benzene rings is 2. The van der Waals surface area contributed by atoms with Crippen molar-refractivity contribution in [2.45, 2.75) is 19.0 Å². The molecule has 0 radical (unpaired) electrons. The number of hydrogen-bond acceptors (Lipinski definition) is 4. The second-order valence-electron chi connectivity index (χ2n) is 8.60. The maximum Gasteiger partial charge on any atom is 0.315 e. The van der Waals surface area contributed by atoms with Gasteiger partial charge in [0.25, 0.3) is 0 Å². The minimum Gasteiger partial charge on any atom is -0.374 e. The number of fused-ring (bicyclic) bond motifs is 1. The Labute approximate surface area is 184 Å². The molecular weight excluding hydrogens is 393 g/mol. The Kier molecular flexibility index (Phi) is 6.73. The molecule has 1 saturated heterocycles. The summed E-state index contributed by atoms with van der Waals surface area (Å²) < 4.78 is 13.1. The number of piperazine rings is 1. The average molecular weight is 426 g/mol. The molecule has 0 aliphatic carbocycles. The molecule has 1 atom stereocenters. The predicted octanol–water partition coefficient (Wildman–Crippen LogP) is 2.61. The zero-order valence-corrected chi connectivity index (χ0v) is 18.4. The van der Waals surface area contributed by atoms with Gasteiger partial charge in [-0.2, -0.15) is 0 Å². The van der Waals surface area contributed by atoms with Gasteiger partial charge in [0.05, 0.1) is 6.04 Å². The third-order valence-electron chi connectivity index (χ3n) is 6.42. The fraction of sp³-hybridized carbons (Fsp3) is 0.458. The molecule has 2 aromatic carbocycles. The lowest BCUT2D eigenvalue weighted by Gasteiger charge is -2.38. The zero-order valence-electron chi connectivity index (χ0n) is 18.4. The van der Waals surface area contributed by atoms with E-state index >= 15 is 0 Å². The van der Waals surface area contributed by atoms with Gasteiger partial charge in [-0.3, -0.25) is 4.90 Å². The van der Waals surface area contributed by atoms with Gasteiger partial charge in [-0.1, -0.05) is 24.3 Å². The van der Waals surface area contributed by atoms with Gasteiger partial charge in [0, 0.05) is 58.5 Å². The third-order valence-corrected chi connectivity index (χ3v) is 6.42. The Hall–Kier alpha value is -2.64. The van der Waals surface area contributed by atoms with Crippen LogP contribution in [-0.2, 0) is 13.0 Å². The number of likely N-dealkylation sites (N-methyl/N-ethyl adjacent to an activating group) is 2. The molecule has 2 heterocycles. The molecule has 7 heteroatoms. The van der Waals surface area contributed by atoms with E-state index in [9.17, 15) is 9.18 Å². The molecule has 31 heavy (non-hydrogen) atoms. The van der Waals surface area contributed by atoms with Crippen LogP contribution in [0.2, 0.25) is 0 Å². The minimum atomic E-state index is -0.274. The Bertz CT molecular complexity index is 895. The smallest absolute Gasteiger partial charge is 0.315 e. The van der Waals surface area contributed by atoms with Crippen LogP contribution in [-0.4, -0.2) is 69.2 Å². The topological polar surface area (TPSA) is 50.9 Å². The zero-order chi connectivity index (χ0) is 21.8. The number of rotatable bonds is 6. The molecule has 2 amide bonds. The van der Waals surface area contributed by atoms with Crippen molar-refractivity contribution in [1.82, 2.24) is 20.4 Å². The van der Waals surface area contributed by atoms with Crippen molar-refractivity contribution in [1.29, 1.82) is 0 Å². The van der Waals surface area contributed by atoms with Crippen LogP contribution in [0.3, 0.4) is 0 Å². The van der Waals surface area contributed by atoms with E-state index < -0.39 is 0 Å². The maximum absolute atomic E-state index is 13.1. The van der Waals surface area contributed by atoms with Crippen molar-refractivity contribution in [2.24, 2.45) is 0 Å². The molecule has 4 rings (SSSR count). The Morgan fingerprint density at radius 3 is 2.48 bits per heavy atom. The lowest BCUT2D eigenvalue weighted by molar-refractivity contribution is 0.111. The van der Waals surface area contributed by atoms with E-state index in [-0.39, 0.29) is 17.9 Å². The van der Waals surface area contributed by atoms with E-state index in [0.717, 1.165) is 44.7 Å². The van der Waals surface area contributed by atoms with E-state index in [4.69, 9.17) is 0 Å². The van der Waals surface area contributed by atoms with Crippen molar-refractivity contribution in [3.05, 3.63) is 65.0 Å². The van der Waals surface area contributed by atoms with Crippen LogP contribution >= 0.6 is 0 Å². The average Bonchev–Trinajstić information content (AvgIpc) is 3.15. The number of nitrogens with zero attached hydrogens (tertiary/aromatic N) is 3. The van der Waals surface area contributed by atoms with Gasteiger partial charge in [-0.25, -0.2) is 9.18 Å². The number of hydrogen-bond donors (Lipinski definition) is 2. The minimum absolute atomic E-state index is 0.140. The standard InChI is InChI=1S/C24H32FN5O/c1-28-11-13-30(14-12-28)23(19-5-8-22-20(15-19)9-10-29(22)2)17-27-24(31)26-16-18-3-6-21(25)7-4-18/h3-8,15,23H,9-14,16-17H2,1-2H3,(H2,26,27,31)/t23-/m0/s1. The van der Waals surface area contributed by atoms with Crippen LogP contribution in [0.15, 0.2) is 42.5 Å². The number of anilines is 1. The summed E-state index contributed by atoms with van der Waals surface area (Å²) in [5, 5.41) is 5.93. The van der Waals surface area contributed by atoms with Gasteiger partial charge in [-0.15, -0.1) is 0 Å². The maximum atomic E-state index is 13.1. The first-order valence-corrected chi connectivity index (χ1v) is 11.0. The first kappa shape index (κ1) is 21.6. The van der Waals surface area contributed by atoms with Crippen LogP contribution in [0.5, 0.6) is 0 Å². The largest absolute Gasteiger partial charge is 0.374 e. The summed E-state index contributed by atoms with van der Waals surface area (Å²) in [4.78, 5) is 19.6. The summed E-state index contributed by atoms with van der Waals surface area (Å²) in [6, 6.07) is 12.9. The van der Waals surface area contributed by atoms with Crippen molar-refractivity contribution >= 4 is 11.7 Å². The number of carbonyl (C=O) groups is 1. The Balaban J connectivity index is 1.41. The first-order valence-electron chi connectivity index (χ1n) is 11.0. The molecule has 6 nitrogen and oxygen atoms in total. The summed E-state index contributed by atoms with van der Waals surface area (Å²) in [6.07, 6.45) is 1.07. The molecule has 1 fully saturated rings. The quantitative estimate of drug-likeness (QED) is 0.747. The van der Waals surface area contributed by atoms with Crippen LogP contribution in [0.25, 0.3) is 0 Å². The molecule has 0 aromatic heterocycles. The van der Waals surface area contributed by atoms with E-state index in [1.165, 1.54) is 28.9 Å². The summed E-state index contributed by atoms with van der Waals surface area (Å²) in [6.45, 7) is 6.00. The van der Waals surface area contributed by atoms with E-state index in [1.807, 2.05) is 0 Å². The van der Waals surface area contributed by atoms with Gasteiger partial charge in [0.2, 0.25) is 0 Å². The second-order valence-corrected chi connectivity index (χ2v) is 8.60. The third kappa shape index (κ3) is 5.35. The molecular formula is C24H32FN5O. The molecule has 0 unspecified atom stereocenters. The van der Waals surface area contributed by atoms with E-state index in [1.54, 1.807) is 12.1 Å².